The van der Waals surface area contributed by atoms with E-state index in [0.29, 0.717) is 36.4 Å². The number of nitrogens with zero attached hydrogens (tertiary/aromatic N) is 3. The molecule has 0 bridgehead atoms. The van der Waals surface area contributed by atoms with Gasteiger partial charge < -0.3 is 15.4 Å². The Hall–Kier alpha value is -0.320. The first-order valence-electron chi connectivity index (χ1n) is 13.4. The van der Waals surface area contributed by atoms with E-state index in [-0.39, 0.29) is 0 Å². The van der Waals surface area contributed by atoms with Gasteiger partial charge in [0.05, 0.1) is 18.5 Å². The average Bonchev–Trinajstić information content (AvgIpc) is 3.57. The number of fused-ring (bicyclic) bond motifs is 1. The highest BCUT2D eigenvalue weighted by Gasteiger charge is 2.51. The predicted molar refractivity (Wildman–Crippen MR) is 128 cm³/mol. The molecule has 5 N–H and O–H groups in total. The van der Waals surface area contributed by atoms with Crippen LogP contribution in [0, 0.1) is 17.8 Å². The number of likely N-dealkylation sites (N-methyl/N-ethyl adjacent to an activating group) is 1. The van der Waals surface area contributed by atoms with E-state index in [4.69, 9.17) is 10.5 Å². The van der Waals surface area contributed by atoms with Crippen LogP contribution in [0.4, 0.5) is 0 Å². The van der Waals surface area contributed by atoms with Gasteiger partial charge in [0, 0.05) is 57.4 Å². The van der Waals surface area contributed by atoms with Crippen molar-refractivity contribution in [3.05, 3.63) is 0 Å². The Kier molecular flexibility index (Phi) is 7.70. The SMILES string of the molecule is CN(CCN)CC1CCCC(C2NC(N(C)C3CCOCC3)C3CNN(C4CC4)C3N2)C1. The van der Waals surface area contributed by atoms with E-state index in [2.05, 4.69) is 45.0 Å². The Bertz CT molecular complexity index is 599. The predicted octanol–water partition coefficient (Wildman–Crippen LogP) is 0.564. The fourth-order valence-electron chi connectivity index (χ4n) is 6.93. The first-order valence-corrected chi connectivity index (χ1v) is 13.4. The van der Waals surface area contributed by atoms with Crippen LogP contribution < -0.4 is 21.8 Å². The van der Waals surface area contributed by atoms with Crippen molar-refractivity contribution in [2.24, 2.45) is 23.5 Å². The zero-order valence-electron chi connectivity index (χ0n) is 20.3. The van der Waals surface area contributed by atoms with Crippen molar-refractivity contribution in [3.8, 4) is 0 Å². The van der Waals surface area contributed by atoms with Crippen LogP contribution in [0.1, 0.15) is 51.4 Å². The molecule has 2 saturated carbocycles. The van der Waals surface area contributed by atoms with Crippen molar-refractivity contribution >= 4 is 0 Å². The van der Waals surface area contributed by atoms with Gasteiger partial charge in [-0.15, -0.1) is 0 Å². The molecule has 0 amide bonds. The van der Waals surface area contributed by atoms with E-state index in [0.717, 1.165) is 57.6 Å². The minimum Gasteiger partial charge on any atom is -0.381 e. The van der Waals surface area contributed by atoms with Gasteiger partial charge in [-0.25, -0.2) is 5.01 Å². The van der Waals surface area contributed by atoms with Crippen LogP contribution in [0.5, 0.6) is 0 Å². The van der Waals surface area contributed by atoms with Crippen molar-refractivity contribution in [2.45, 2.75) is 81.9 Å². The van der Waals surface area contributed by atoms with Crippen molar-refractivity contribution in [3.63, 3.8) is 0 Å². The molecule has 0 spiro atoms. The fraction of sp³-hybridized carbons (Fsp3) is 1.00. The molecule has 8 nitrogen and oxygen atoms in total. The summed E-state index contributed by atoms with van der Waals surface area (Å²) in [6.45, 7) is 5.84. The molecule has 2 aliphatic carbocycles. The molecule has 3 aliphatic heterocycles. The van der Waals surface area contributed by atoms with Crippen LogP contribution in [-0.4, -0.2) is 98.9 Å². The molecular weight excluding hydrogens is 402 g/mol. The van der Waals surface area contributed by atoms with E-state index in [9.17, 15) is 0 Å². The van der Waals surface area contributed by atoms with Crippen LogP contribution in [0.3, 0.4) is 0 Å². The van der Waals surface area contributed by atoms with Crippen LogP contribution in [0.2, 0.25) is 0 Å². The number of nitrogens with two attached hydrogens (primary N) is 1. The lowest BCUT2D eigenvalue weighted by molar-refractivity contribution is -0.0380. The molecule has 5 aliphatic rings. The Morgan fingerprint density at radius 1 is 1.03 bits per heavy atom. The lowest BCUT2D eigenvalue weighted by Gasteiger charge is -2.50. The molecule has 0 radical (unpaired) electrons. The van der Waals surface area contributed by atoms with E-state index in [1.165, 1.54) is 45.1 Å². The summed E-state index contributed by atoms with van der Waals surface area (Å²) in [5, 5.41) is 10.8. The Morgan fingerprint density at radius 2 is 1.84 bits per heavy atom. The van der Waals surface area contributed by atoms with Crippen LogP contribution in [0.15, 0.2) is 0 Å². The van der Waals surface area contributed by atoms with Crippen molar-refractivity contribution in [1.29, 1.82) is 0 Å². The molecule has 0 aromatic carbocycles. The van der Waals surface area contributed by atoms with Crippen LogP contribution in [-0.2, 0) is 4.74 Å². The second-order valence-electron chi connectivity index (χ2n) is 11.2. The second kappa shape index (κ2) is 10.5. The van der Waals surface area contributed by atoms with Crippen LogP contribution >= 0.6 is 0 Å². The molecule has 184 valence electrons. The minimum atomic E-state index is 0.396. The highest BCUT2D eigenvalue weighted by molar-refractivity contribution is 5.03. The van der Waals surface area contributed by atoms with Gasteiger partial charge in [0.15, 0.2) is 0 Å². The Labute approximate surface area is 194 Å². The normalized spacial score (nSPS) is 39.7. The van der Waals surface area contributed by atoms with Gasteiger partial charge in [-0.1, -0.05) is 6.42 Å². The third kappa shape index (κ3) is 5.18. The number of hydrogen-bond donors (Lipinski definition) is 4. The molecule has 0 aromatic heterocycles. The lowest BCUT2D eigenvalue weighted by atomic mass is 9.78. The van der Waals surface area contributed by atoms with E-state index in [1.807, 2.05) is 0 Å². The highest BCUT2D eigenvalue weighted by atomic mass is 16.5. The summed E-state index contributed by atoms with van der Waals surface area (Å²) >= 11 is 0. The molecule has 32 heavy (non-hydrogen) atoms. The monoisotopic (exact) mass is 449 g/mol. The van der Waals surface area contributed by atoms with Gasteiger partial charge in [0.25, 0.3) is 0 Å². The maximum atomic E-state index is 5.79. The molecule has 3 heterocycles. The smallest absolute Gasteiger partial charge is 0.0817 e. The summed E-state index contributed by atoms with van der Waals surface area (Å²) < 4.78 is 5.67. The lowest BCUT2D eigenvalue weighted by Crippen LogP contribution is -2.72. The number of rotatable bonds is 8. The molecule has 0 aromatic rings. The Balaban J connectivity index is 1.28. The van der Waals surface area contributed by atoms with Gasteiger partial charge in [-0.05, 0) is 70.9 Å². The van der Waals surface area contributed by atoms with Gasteiger partial charge >= 0.3 is 0 Å². The van der Waals surface area contributed by atoms with E-state index < -0.39 is 0 Å². The maximum Gasteiger partial charge on any atom is 0.0817 e. The molecule has 5 rings (SSSR count). The quantitative estimate of drug-likeness (QED) is 0.428. The summed E-state index contributed by atoms with van der Waals surface area (Å²) in [6, 6.07) is 1.36. The number of hydrazine groups is 1. The molecular formula is C24H47N7O. The average molecular weight is 450 g/mol. The zero-order valence-corrected chi connectivity index (χ0v) is 20.3. The number of nitrogens with one attached hydrogen (secondary N) is 3. The number of hydrogen-bond acceptors (Lipinski definition) is 8. The Morgan fingerprint density at radius 3 is 2.59 bits per heavy atom. The van der Waals surface area contributed by atoms with Gasteiger partial charge in [0.1, 0.15) is 0 Å². The summed E-state index contributed by atoms with van der Waals surface area (Å²) in [4.78, 5) is 5.10. The summed E-state index contributed by atoms with van der Waals surface area (Å²) in [6.07, 6.45) is 11.6. The standard InChI is InChI=1S/C24H47N7O/c1-29(11-10-25)16-17-4-3-5-18(14-17)22-27-23(30(2)19-8-12-32-13-9-19)21-15-26-31(20-6-7-20)24(21)28-22/h17-24,26-28H,3-16,25H2,1-2H3. The molecule has 6 atom stereocenters. The number of ether oxygens (including phenoxy) is 1. The van der Waals surface area contributed by atoms with Crippen molar-refractivity contribution in [1.82, 2.24) is 30.9 Å². The van der Waals surface area contributed by atoms with Crippen molar-refractivity contribution < 1.29 is 4.74 Å². The third-order valence-electron chi connectivity index (χ3n) is 8.84. The third-order valence-corrected chi connectivity index (χ3v) is 8.84. The fourth-order valence-corrected chi connectivity index (χ4v) is 6.93. The van der Waals surface area contributed by atoms with Gasteiger partial charge in [-0.2, -0.15) is 0 Å². The zero-order chi connectivity index (χ0) is 22.1. The van der Waals surface area contributed by atoms with Crippen molar-refractivity contribution in [2.75, 3.05) is 53.5 Å². The molecule has 6 unspecified atom stereocenters. The first kappa shape index (κ1) is 23.4. The summed E-state index contributed by atoms with van der Waals surface area (Å²) in [5.41, 5.74) is 9.57. The van der Waals surface area contributed by atoms with Crippen LogP contribution in [0.25, 0.3) is 0 Å². The topological polar surface area (TPSA) is 81.1 Å². The first-order chi connectivity index (χ1) is 15.6. The maximum absolute atomic E-state index is 5.79. The van der Waals surface area contributed by atoms with E-state index >= 15 is 0 Å². The largest absolute Gasteiger partial charge is 0.381 e. The van der Waals surface area contributed by atoms with Gasteiger partial charge in [0.2, 0.25) is 0 Å². The highest BCUT2D eigenvalue weighted by Crippen LogP contribution is 2.38. The second-order valence-corrected chi connectivity index (χ2v) is 11.2. The molecule has 5 fully saturated rings. The van der Waals surface area contributed by atoms with Gasteiger partial charge in [-0.3, -0.25) is 21.0 Å². The molecule has 8 heteroatoms. The minimum absolute atomic E-state index is 0.396. The molecule has 3 saturated heterocycles. The summed E-state index contributed by atoms with van der Waals surface area (Å²) in [7, 11) is 4.59. The summed E-state index contributed by atoms with van der Waals surface area (Å²) in [5.74, 6) is 2.07. The van der Waals surface area contributed by atoms with E-state index in [1.54, 1.807) is 0 Å².